The molecule has 1 aliphatic heterocycles. The van der Waals surface area contributed by atoms with Crippen LogP contribution in [0.4, 0.5) is 5.69 Å². The fourth-order valence-electron chi connectivity index (χ4n) is 2.48. The minimum atomic E-state index is -0.284. The average Bonchev–Trinajstić information content (AvgIpc) is 3.08. The summed E-state index contributed by atoms with van der Waals surface area (Å²) >= 11 is 6.20. The third kappa shape index (κ3) is 4.03. The number of benzene rings is 2. The monoisotopic (exact) mass is 375 g/mol. The smallest absolute Gasteiger partial charge is 0.248 e. The summed E-state index contributed by atoms with van der Waals surface area (Å²) in [5, 5.41) is 3.18. The molecule has 26 heavy (non-hydrogen) atoms. The second-order valence-electron chi connectivity index (χ2n) is 5.36. The van der Waals surface area contributed by atoms with E-state index < -0.39 is 0 Å². The number of carbonyl (C=O) groups excluding carboxylic acids is 1. The molecule has 1 aliphatic rings. The Labute approximate surface area is 156 Å². The maximum absolute atomic E-state index is 12.1. The second-order valence-corrected chi connectivity index (χ2v) is 5.76. The van der Waals surface area contributed by atoms with Gasteiger partial charge < -0.3 is 24.3 Å². The molecule has 0 spiro atoms. The number of anilines is 1. The highest BCUT2D eigenvalue weighted by molar-refractivity contribution is 6.32. The van der Waals surface area contributed by atoms with Crippen molar-refractivity contribution in [3.05, 3.63) is 47.0 Å². The fourth-order valence-corrected chi connectivity index (χ4v) is 2.77. The lowest BCUT2D eigenvalue weighted by atomic mass is 10.2. The minimum Gasteiger partial charge on any atom is -0.491 e. The number of halogens is 1. The first-order chi connectivity index (χ1) is 12.6. The van der Waals surface area contributed by atoms with Crippen LogP contribution < -0.4 is 24.3 Å². The zero-order valence-corrected chi connectivity index (χ0v) is 15.1. The molecule has 0 saturated carbocycles. The van der Waals surface area contributed by atoms with E-state index in [9.17, 15) is 4.79 Å². The summed E-state index contributed by atoms with van der Waals surface area (Å²) in [7, 11) is 1.53. The molecule has 0 aliphatic carbocycles. The zero-order chi connectivity index (χ0) is 18.5. The third-order valence-corrected chi connectivity index (χ3v) is 3.88. The number of carbonyl (C=O) groups is 1. The Balaban J connectivity index is 1.71. The summed E-state index contributed by atoms with van der Waals surface area (Å²) in [6.45, 7) is 2.53. The largest absolute Gasteiger partial charge is 0.491 e. The van der Waals surface area contributed by atoms with Crippen LogP contribution in [0.25, 0.3) is 6.08 Å². The van der Waals surface area contributed by atoms with Crippen molar-refractivity contribution in [3.8, 4) is 23.0 Å². The van der Waals surface area contributed by atoms with Crippen molar-refractivity contribution in [2.75, 3.05) is 25.8 Å². The Hall–Kier alpha value is -2.86. The normalized spacial score (nSPS) is 12.3. The van der Waals surface area contributed by atoms with Crippen molar-refractivity contribution in [2.24, 2.45) is 0 Å². The Bertz CT molecular complexity index is 850. The molecular weight excluding hydrogens is 358 g/mol. The average molecular weight is 376 g/mol. The molecule has 2 aromatic rings. The van der Waals surface area contributed by atoms with Crippen LogP contribution in [0.3, 0.4) is 0 Å². The van der Waals surface area contributed by atoms with Gasteiger partial charge in [-0.1, -0.05) is 11.6 Å². The second kappa shape index (κ2) is 8.01. The van der Waals surface area contributed by atoms with Gasteiger partial charge in [0, 0.05) is 17.8 Å². The van der Waals surface area contributed by atoms with Gasteiger partial charge in [0.05, 0.1) is 18.7 Å². The lowest BCUT2D eigenvalue weighted by Gasteiger charge is -2.11. The van der Waals surface area contributed by atoms with E-state index in [0.717, 1.165) is 5.56 Å². The van der Waals surface area contributed by atoms with E-state index in [4.69, 9.17) is 30.5 Å². The summed E-state index contributed by atoms with van der Waals surface area (Å²) in [6.07, 6.45) is 3.06. The van der Waals surface area contributed by atoms with Gasteiger partial charge in [0.1, 0.15) is 0 Å². The van der Waals surface area contributed by atoms with Gasteiger partial charge in [-0.25, -0.2) is 0 Å². The van der Waals surface area contributed by atoms with E-state index in [1.807, 2.05) is 6.92 Å². The molecule has 0 bridgehead atoms. The number of methoxy groups -OCH3 is 1. The molecule has 6 nitrogen and oxygen atoms in total. The first kappa shape index (κ1) is 17.9. The van der Waals surface area contributed by atoms with Crippen LogP contribution in [-0.4, -0.2) is 26.4 Å². The first-order valence-electron chi connectivity index (χ1n) is 7.99. The molecule has 136 valence electrons. The zero-order valence-electron chi connectivity index (χ0n) is 14.4. The van der Waals surface area contributed by atoms with E-state index in [1.165, 1.54) is 13.2 Å². The molecule has 0 fully saturated rings. The van der Waals surface area contributed by atoms with E-state index >= 15 is 0 Å². The summed E-state index contributed by atoms with van der Waals surface area (Å²) in [6, 6.07) is 8.67. The van der Waals surface area contributed by atoms with Crippen molar-refractivity contribution in [1.29, 1.82) is 0 Å². The van der Waals surface area contributed by atoms with Crippen LogP contribution in [-0.2, 0) is 4.79 Å². The molecule has 0 aromatic heterocycles. The van der Waals surface area contributed by atoms with Gasteiger partial charge >= 0.3 is 0 Å². The summed E-state index contributed by atoms with van der Waals surface area (Å²) < 4.78 is 21.3. The number of rotatable bonds is 6. The highest BCUT2D eigenvalue weighted by Gasteiger charge is 2.14. The third-order valence-electron chi connectivity index (χ3n) is 3.60. The van der Waals surface area contributed by atoms with Gasteiger partial charge in [-0.2, -0.15) is 0 Å². The van der Waals surface area contributed by atoms with Gasteiger partial charge in [-0.15, -0.1) is 0 Å². The number of hydrogen-bond donors (Lipinski definition) is 1. The van der Waals surface area contributed by atoms with Crippen molar-refractivity contribution in [3.63, 3.8) is 0 Å². The van der Waals surface area contributed by atoms with Crippen molar-refractivity contribution in [2.45, 2.75) is 6.92 Å². The number of ether oxygens (including phenoxy) is 4. The van der Waals surface area contributed by atoms with Gasteiger partial charge in [0.25, 0.3) is 0 Å². The minimum absolute atomic E-state index is 0.188. The molecule has 2 aromatic carbocycles. The van der Waals surface area contributed by atoms with E-state index in [2.05, 4.69) is 5.32 Å². The number of fused-ring (bicyclic) bond motifs is 1. The van der Waals surface area contributed by atoms with Gasteiger partial charge in [0.15, 0.2) is 23.0 Å². The lowest BCUT2D eigenvalue weighted by Crippen LogP contribution is -2.07. The van der Waals surface area contributed by atoms with Crippen molar-refractivity contribution in [1.82, 2.24) is 0 Å². The summed E-state index contributed by atoms with van der Waals surface area (Å²) in [4.78, 5) is 12.1. The van der Waals surface area contributed by atoms with Crippen LogP contribution in [0.1, 0.15) is 12.5 Å². The van der Waals surface area contributed by atoms with E-state index in [0.29, 0.717) is 40.3 Å². The van der Waals surface area contributed by atoms with Gasteiger partial charge in [-0.05, 0) is 42.8 Å². The van der Waals surface area contributed by atoms with Gasteiger partial charge in [-0.3, -0.25) is 4.79 Å². The fraction of sp³-hybridized carbons (Fsp3) is 0.211. The lowest BCUT2D eigenvalue weighted by molar-refractivity contribution is -0.111. The molecule has 1 heterocycles. The molecule has 1 amide bonds. The van der Waals surface area contributed by atoms with E-state index in [1.54, 1.807) is 36.4 Å². The Morgan fingerprint density at radius 1 is 1.27 bits per heavy atom. The molecule has 1 N–H and O–H groups in total. The molecule has 7 heteroatoms. The molecule has 0 unspecified atom stereocenters. The quantitative estimate of drug-likeness (QED) is 0.769. The molecule has 0 saturated heterocycles. The highest BCUT2D eigenvalue weighted by Crippen LogP contribution is 2.37. The van der Waals surface area contributed by atoms with Crippen LogP contribution >= 0.6 is 11.6 Å². The maximum Gasteiger partial charge on any atom is 0.248 e. The van der Waals surface area contributed by atoms with Crippen molar-refractivity contribution >= 4 is 29.3 Å². The number of nitrogens with one attached hydrogen (secondary N) is 1. The standard InChI is InChI=1S/C19H18ClNO5/c1-3-24-17-9-12(8-14(20)19(17)23-2)4-7-18(22)21-13-5-6-15-16(10-13)26-11-25-15/h4-10H,3,11H2,1-2H3,(H,21,22)/b7-4+. The Kier molecular flexibility index (Phi) is 5.53. The highest BCUT2D eigenvalue weighted by atomic mass is 35.5. The SMILES string of the molecule is CCOc1cc(/C=C/C(=O)Nc2ccc3c(c2)OCO3)cc(Cl)c1OC. The first-order valence-corrected chi connectivity index (χ1v) is 8.37. The van der Waals surface area contributed by atoms with Crippen LogP contribution in [0.5, 0.6) is 23.0 Å². The summed E-state index contributed by atoms with van der Waals surface area (Å²) in [5.41, 5.74) is 1.34. The Morgan fingerprint density at radius 2 is 2.08 bits per heavy atom. The predicted octanol–water partition coefficient (Wildman–Crippen LogP) is 4.13. The predicted molar refractivity (Wildman–Crippen MR) is 99.4 cm³/mol. The van der Waals surface area contributed by atoms with Crippen LogP contribution in [0, 0.1) is 0 Å². The van der Waals surface area contributed by atoms with Crippen LogP contribution in [0.2, 0.25) is 5.02 Å². The number of hydrogen-bond acceptors (Lipinski definition) is 5. The number of amides is 1. The molecular formula is C19H18ClNO5. The Morgan fingerprint density at radius 3 is 2.85 bits per heavy atom. The molecule has 3 rings (SSSR count). The van der Waals surface area contributed by atoms with Crippen LogP contribution in [0.15, 0.2) is 36.4 Å². The summed E-state index contributed by atoms with van der Waals surface area (Å²) in [5.74, 6) is 1.98. The van der Waals surface area contributed by atoms with Gasteiger partial charge in [0.2, 0.25) is 12.7 Å². The molecule has 0 radical (unpaired) electrons. The maximum atomic E-state index is 12.1. The van der Waals surface area contributed by atoms with Crippen molar-refractivity contribution < 1.29 is 23.7 Å². The molecule has 0 atom stereocenters. The topological polar surface area (TPSA) is 66.0 Å². The van der Waals surface area contributed by atoms with E-state index in [-0.39, 0.29) is 12.7 Å².